The van der Waals surface area contributed by atoms with Crippen molar-refractivity contribution in [1.29, 1.82) is 0 Å². The SMILES string of the molecule is O=C(NCC1Cc2ccccc2O1)N1CCN(c2ccccc2)CC1. The predicted octanol–water partition coefficient (Wildman–Crippen LogP) is 2.52. The maximum Gasteiger partial charge on any atom is 0.317 e. The highest BCUT2D eigenvalue weighted by Gasteiger charge is 2.25. The van der Waals surface area contributed by atoms with Crippen LogP contribution in [0.25, 0.3) is 0 Å². The van der Waals surface area contributed by atoms with Gasteiger partial charge in [0.25, 0.3) is 0 Å². The first kappa shape index (κ1) is 15.8. The molecule has 2 aromatic carbocycles. The minimum atomic E-state index is 0.00673. The molecule has 2 aliphatic rings. The van der Waals surface area contributed by atoms with Gasteiger partial charge in [-0.3, -0.25) is 0 Å². The maximum absolute atomic E-state index is 12.4. The summed E-state index contributed by atoms with van der Waals surface area (Å²) in [4.78, 5) is 16.6. The first-order valence-electron chi connectivity index (χ1n) is 8.87. The van der Waals surface area contributed by atoms with Crippen LogP contribution in [0.4, 0.5) is 10.5 Å². The van der Waals surface area contributed by atoms with Crippen LogP contribution in [0.15, 0.2) is 54.6 Å². The van der Waals surface area contributed by atoms with Crippen LogP contribution in [0.1, 0.15) is 5.56 Å². The quantitative estimate of drug-likeness (QED) is 0.936. The molecule has 0 spiro atoms. The van der Waals surface area contributed by atoms with Crippen LogP contribution in [-0.2, 0) is 6.42 Å². The van der Waals surface area contributed by atoms with Gasteiger partial charge in [-0.05, 0) is 23.8 Å². The van der Waals surface area contributed by atoms with Gasteiger partial charge < -0.3 is 19.9 Å². The molecule has 0 radical (unpaired) electrons. The van der Waals surface area contributed by atoms with Gasteiger partial charge in [0.1, 0.15) is 11.9 Å². The Morgan fingerprint density at radius 1 is 1.00 bits per heavy atom. The van der Waals surface area contributed by atoms with Gasteiger partial charge in [0.2, 0.25) is 0 Å². The Labute approximate surface area is 148 Å². The van der Waals surface area contributed by atoms with Crippen molar-refractivity contribution >= 4 is 11.7 Å². The number of nitrogens with zero attached hydrogens (tertiary/aromatic N) is 2. The van der Waals surface area contributed by atoms with Gasteiger partial charge in [-0.25, -0.2) is 4.79 Å². The summed E-state index contributed by atoms with van der Waals surface area (Å²) in [6, 6.07) is 18.4. The van der Waals surface area contributed by atoms with Crippen molar-refractivity contribution in [1.82, 2.24) is 10.2 Å². The highest BCUT2D eigenvalue weighted by molar-refractivity contribution is 5.74. The molecule has 0 bridgehead atoms. The summed E-state index contributed by atoms with van der Waals surface area (Å²) in [6.07, 6.45) is 0.894. The lowest BCUT2D eigenvalue weighted by Crippen LogP contribution is -2.52. The van der Waals surface area contributed by atoms with E-state index in [4.69, 9.17) is 4.74 Å². The fourth-order valence-electron chi connectivity index (χ4n) is 3.49. The molecule has 1 unspecified atom stereocenters. The number of para-hydroxylation sites is 2. The molecule has 2 aliphatic heterocycles. The molecule has 0 saturated carbocycles. The average molecular weight is 337 g/mol. The Morgan fingerprint density at radius 2 is 1.72 bits per heavy atom. The third-order valence-electron chi connectivity index (χ3n) is 4.88. The van der Waals surface area contributed by atoms with Gasteiger partial charge in [0.05, 0.1) is 6.54 Å². The summed E-state index contributed by atoms with van der Waals surface area (Å²) in [5.41, 5.74) is 2.44. The van der Waals surface area contributed by atoms with E-state index in [1.807, 2.05) is 41.3 Å². The smallest absolute Gasteiger partial charge is 0.317 e. The molecule has 2 amide bonds. The summed E-state index contributed by atoms with van der Waals surface area (Å²) in [6.45, 7) is 3.76. The Balaban J connectivity index is 1.24. The molecule has 4 rings (SSSR count). The first-order valence-corrected chi connectivity index (χ1v) is 8.87. The molecule has 25 heavy (non-hydrogen) atoms. The van der Waals surface area contributed by atoms with Gasteiger partial charge in [0.15, 0.2) is 0 Å². The van der Waals surface area contributed by atoms with Gasteiger partial charge in [-0.2, -0.15) is 0 Å². The molecule has 1 atom stereocenters. The van der Waals surface area contributed by atoms with E-state index in [0.717, 1.165) is 38.3 Å². The fourth-order valence-corrected chi connectivity index (χ4v) is 3.49. The van der Waals surface area contributed by atoms with Crippen LogP contribution in [0, 0.1) is 0 Å². The molecule has 130 valence electrons. The standard InChI is InChI=1S/C20H23N3O2/c24-20(21-15-18-14-16-6-4-5-9-19(16)25-18)23-12-10-22(11-13-23)17-7-2-1-3-8-17/h1-9,18H,10-15H2,(H,21,24). The predicted molar refractivity (Wildman–Crippen MR) is 98.2 cm³/mol. The second-order valence-corrected chi connectivity index (χ2v) is 6.55. The summed E-state index contributed by atoms with van der Waals surface area (Å²) < 4.78 is 5.88. The number of amides is 2. The number of hydrogen-bond acceptors (Lipinski definition) is 3. The fraction of sp³-hybridized carbons (Fsp3) is 0.350. The summed E-state index contributed by atoms with van der Waals surface area (Å²) >= 11 is 0. The molecule has 1 fully saturated rings. The lowest BCUT2D eigenvalue weighted by Gasteiger charge is -2.36. The third kappa shape index (κ3) is 3.55. The van der Waals surface area contributed by atoms with E-state index in [-0.39, 0.29) is 12.1 Å². The summed E-state index contributed by atoms with van der Waals surface area (Å²) in [5.74, 6) is 0.943. The van der Waals surface area contributed by atoms with E-state index >= 15 is 0 Å². The molecule has 2 aromatic rings. The topological polar surface area (TPSA) is 44.8 Å². The summed E-state index contributed by atoms with van der Waals surface area (Å²) in [7, 11) is 0. The number of benzene rings is 2. The molecule has 2 heterocycles. The first-order chi connectivity index (χ1) is 12.3. The zero-order valence-corrected chi connectivity index (χ0v) is 14.2. The molecule has 0 aromatic heterocycles. The van der Waals surface area contributed by atoms with E-state index in [1.165, 1.54) is 11.3 Å². The Hall–Kier alpha value is -2.69. The monoisotopic (exact) mass is 337 g/mol. The largest absolute Gasteiger partial charge is 0.488 e. The van der Waals surface area contributed by atoms with E-state index < -0.39 is 0 Å². The minimum absolute atomic E-state index is 0.00673. The van der Waals surface area contributed by atoms with Gasteiger partial charge in [-0.15, -0.1) is 0 Å². The molecular formula is C20H23N3O2. The molecule has 5 heteroatoms. The van der Waals surface area contributed by atoms with Gasteiger partial charge >= 0.3 is 6.03 Å². The minimum Gasteiger partial charge on any atom is -0.488 e. The Bertz CT molecular complexity index is 702. The number of carbonyl (C=O) groups excluding carboxylic acids is 1. The second kappa shape index (κ2) is 7.05. The highest BCUT2D eigenvalue weighted by Crippen LogP contribution is 2.27. The zero-order chi connectivity index (χ0) is 17.1. The molecule has 5 nitrogen and oxygen atoms in total. The number of urea groups is 1. The lowest BCUT2D eigenvalue weighted by atomic mass is 10.1. The lowest BCUT2D eigenvalue weighted by molar-refractivity contribution is 0.182. The normalized spacial score (nSPS) is 19.3. The third-order valence-corrected chi connectivity index (χ3v) is 4.88. The van der Waals surface area contributed by atoms with E-state index in [1.54, 1.807) is 0 Å². The molecular weight excluding hydrogens is 314 g/mol. The van der Waals surface area contributed by atoms with Crippen LogP contribution in [0.2, 0.25) is 0 Å². The Kier molecular flexibility index (Phi) is 4.46. The van der Waals surface area contributed by atoms with Crippen molar-refractivity contribution in [2.75, 3.05) is 37.6 Å². The number of ether oxygens (including phenoxy) is 1. The zero-order valence-electron chi connectivity index (χ0n) is 14.2. The van der Waals surface area contributed by atoms with Crippen LogP contribution in [0.3, 0.4) is 0 Å². The molecule has 0 aliphatic carbocycles. The van der Waals surface area contributed by atoms with Gasteiger partial charge in [-0.1, -0.05) is 36.4 Å². The average Bonchev–Trinajstić information content (AvgIpc) is 3.10. The van der Waals surface area contributed by atoms with E-state index in [0.29, 0.717) is 6.54 Å². The molecule has 1 N–H and O–H groups in total. The maximum atomic E-state index is 12.4. The van der Waals surface area contributed by atoms with Crippen molar-refractivity contribution in [2.45, 2.75) is 12.5 Å². The summed E-state index contributed by atoms with van der Waals surface area (Å²) in [5, 5.41) is 3.03. The van der Waals surface area contributed by atoms with Crippen LogP contribution in [-0.4, -0.2) is 49.8 Å². The number of piperazine rings is 1. The van der Waals surface area contributed by atoms with Crippen LogP contribution >= 0.6 is 0 Å². The Morgan fingerprint density at radius 3 is 2.48 bits per heavy atom. The number of nitrogens with one attached hydrogen (secondary N) is 1. The van der Waals surface area contributed by atoms with E-state index in [9.17, 15) is 4.79 Å². The number of rotatable bonds is 3. The van der Waals surface area contributed by atoms with Crippen molar-refractivity contribution in [3.05, 3.63) is 60.2 Å². The number of fused-ring (bicyclic) bond motifs is 1. The van der Waals surface area contributed by atoms with E-state index in [2.05, 4.69) is 28.4 Å². The van der Waals surface area contributed by atoms with Crippen LogP contribution in [0.5, 0.6) is 5.75 Å². The van der Waals surface area contributed by atoms with Crippen molar-refractivity contribution in [3.8, 4) is 5.75 Å². The molecule has 1 saturated heterocycles. The van der Waals surface area contributed by atoms with Crippen LogP contribution < -0.4 is 15.0 Å². The number of anilines is 1. The number of carbonyl (C=O) groups is 1. The number of hydrogen-bond donors (Lipinski definition) is 1. The van der Waals surface area contributed by atoms with Crippen molar-refractivity contribution in [3.63, 3.8) is 0 Å². The van der Waals surface area contributed by atoms with Gasteiger partial charge in [0, 0.05) is 38.3 Å². The van der Waals surface area contributed by atoms with Crippen molar-refractivity contribution in [2.24, 2.45) is 0 Å². The van der Waals surface area contributed by atoms with Crippen molar-refractivity contribution < 1.29 is 9.53 Å². The second-order valence-electron chi connectivity index (χ2n) is 6.55. The highest BCUT2D eigenvalue weighted by atomic mass is 16.5.